The summed E-state index contributed by atoms with van der Waals surface area (Å²) in [6, 6.07) is 11.3. The van der Waals surface area contributed by atoms with Crippen molar-refractivity contribution in [2.45, 2.75) is 32.6 Å². The smallest absolute Gasteiger partial charge is 0.240 e. The summed E-state index contributed by atoms with van der Waals surface area (Å²) in [4.78, 5) is 12.0. The summed E-state index contributed by atoms with van der Waals surface area (Å²) in [6.07, 6.45) is 5.66. The average Bonchev–Trinajstić information content (AvgIpc) is 2.72. The van der Waals surface area contributed by atoms with E-state index in [0.717, 1.165) is 29.7 Å². The number of ether oxygens (including phenoxy) is 2. The first-order chi connectivity index (χ1) is 14.1. The number of nitrogens with one attached hydrogen (secondary N) is 1. The monoisotopic (exact) mass is 396 g/mol. The fraction of sp³-hybridized carbons (Fsp3) is 0.304. The summed E-state index contributed by atoms with van der Waals surface area (Å²) >= 11 is 0. The number of phenols is 1. The maximum atomic E-state index is 12.0. The Labute approximate surface area is 171 Å². The molecule has 0 fully saturated rings. The molecule has 0 unspecified atom stereocenters. The Balaban J connectivity index is 1.87. The topological polar surface area (TPSA) is 80.2 Å². The molecule has 154 valence electrons. The summed E-state index contributed by atoms with van der Waals surface area (Å²) in [6.45, 7) is 5.98. The summed E-state index contributed by atoms with van der Waals surface area (Å²) < 4.78 is 10.6. The van der Waals surface area contributed by atoms with Crippen molar-refractivity contribution in [3.05, 3.63) is 65.7 Å². The first-order valence-corrected chi connectivity index (χ1v) is 9.61. The number of hydrogen-bond acceptors (Lipinski definition) is 5. The molecule has 6 nitrogen and oxygen atoms in total. The van der Waals surface area contributed by atoms with Crippen molar-refractivity contribution in [3.63, 3.8) is 0 Å². The van der Waals surface area contributed by atoms with Crippen molar-refractivity contribution in [2.75, 3.05) is 13.7 Å². The Morgan fingerprint density at radius 3 is 2.69 bits per heavy atom. The van der Waals surface area contributed by atoms with E-state index in [2.05, 4.69) is 17.1 Å². The molecule has 0 saturated carbocycles. The number of phenolic OH excluding ortho intramolecular Hbond substituents is 1. The highest BCUT2D eigenvalue weighted by Crippen LogP contribution is 2.31. The van der Waals surface area contributed by atoms with E-state index in [-0.39, 0.29) is 11.7 Å². The van der Waals surface area contributed by atoms with Gasteiger partial charge in [0.15, 0.2) is 11.5 Å². The fourth-order valence-electron chi connectivity index (χ4n) is 2.82. The van der Waals surface area contributed by atoms with E-state index in [1.54, 1.807) is 25.3 Å². The molecule has 2 aromatic rings. The van der Waals surface area contributed by atoms with E-state index in [0.29, 0.717) is 30.8 Å². The number of aromatic hydroxyl groups is 1. The van der Waals surface area contributed by atoms with Crippen LogP contribution in [0.25, 0.3) is 0 Å². The molecular weight excluding hydrogens is 368 g/mol. The maximum Gasteiger partial charge on any atom is 0.240 e. The SMILES string of the molecule is C=CCc1cc(/C=N/NC(=O)CCCc2ccc(OC)cc2)cc(OCC)c1O. The zero-order valence-electron chi connectivity index (χ0n) is 17.0. The number of hydrazone groups is 1. The van der Waals surface area contributed by atoms with Crippen molar-refractivity contribution in [3.8, 4) is 17.2 Å². The van der Waals surface area contributed by atoms with Crippen LogP contribution in [-0.2, 0) is 17.6 Å². The molecule has 2 aromatic carbocycles. The first kappa shape index (κ1) is 22.0. The lowest BCUT2D eigenvalue weighted by Gasteiger charge is -2.10. The van der Waals surface area contributed by atoms with E-state index >= 15 is 0 Å². The zero-order valence-corrected chi connectivity index (χ0v) is 17.0. The third-order valence-electron chi connectivity index (χ3n) is 4.27. The number of amides is 1. The van der Waals surface area contributed by atoms with Crippen LogP contribution in [0.3, 0.4) is 0 Å². The molecule has 1 amide bonds. The van der Waals surface area contributed by atoms with Gasteiger partial charge >= 0.3 is 0 Å². The molecule has 0 aliphatic carbocycles. The standard InChI is InChI=1S/C23H28N2O4/c1-4-7-19-14-18(15-21(23(19)27)29-5-2)16-24-25-22(26)9-6-8-17-10-12-20(28-3)13-11-17/h4,10-16,27H,1,5-9H2,2-3H3,(H,25,26)/b24-16+. The van der Waals surface area contributed by atoms with Gasteiger partial charge in [0.2, 0.25) is 5.91 Å². The summed E-state index contributed by atoms with van der Waals surface area (Å²) in [5.41, 5.74) is 5.11. The van der Waals surface area contributed by atoms with Gasteiger partial charge in [-0.2, -0.15) is 5.10 Å². The lowest BCUT2D eigenvalue weighted by atomic mass is 10.1. The highest BCUT2D eigenvalue weighted by Gasteiger charge is 2.09. The van der Waals surface area contributed by atoms with Crippen LogP contribution in [0.4, 0.5) is 0 Å². The number of rotatable bonds is 11. The second-order valence-electron chi connectivity index (χ2n) is 6.45. The largest absolute Gasteiger partial charge is 0.504 e. The lowest BCUT2D eigenvalue weighted by molar-refractivity contribution is -0.121. The van der Waals surface area contributed by atoms with Crippen LogP contribution in [0.1, 0.15) is 36.5 Å². The molecule has 0 saturated heterocycles. The Bertz CT molecular complexity index is 845. The van der Waals surface area contributed by atoms with Gasteiger partial charge in [-0.25, -0.2) is 5.43 Å². The van der Waals surface area contributed by atoms with Crippen molar-refractivity contribution < 1.29 is 19.4 Å². The van der Waals surface area contributed by atoms with Gasteiger partial charge in [0, 0.05) is 12.0 Å². The van der Waals surface area contributed by atoms with Gasteiger partial charge < -0.3 is 14.6 Å². The number of hydrogen-bond donors (Lipinski definition) is 2. The number of benzene rings is 2. The van der Waals surface area contributed by atoms with Crippen LogP contribution in [0, 0.1) is 0 Å². The van der Waals surface area contributed by atoms with E-state index in [1.807, 2.05) is 31.2 Å². The highest BCUT2D eigenvalue weighted by molar-refractivity contribution is 5.83. The van der Waals surface area contributed by atoms with E-state index < -0.39 is 0 Å². The number of aryl methyl sites for hydroxylation is 1. The predicted molar refractivity (Wildman–Crippen MR) is 115 cm³/mol. The second kappa shape index (κ2) is 11.5. The molecule has 0 aliphatic rings. The minimum atomic E-state index is -0.148. The second-order valence-corrected chi connectivity index (χ2v) is 6.45. The number of carbonyl (C=O) groups is 1. The van der Waals surface area contributed by atoms with Gasteiger partial charge in [0.25, 0.3) is 0 Å². The van der Waals surface area contributed by atoms with E-state index in [1.165, 1.54) is 6.21 Å². The highest BCUT2D eigenvalue weighted by atomic mass is 16.5. The molecule has 0 spiro atoms. The number of methoxy groups -OCH3 is 1. The van der Waals surface area contributed by atoms with Crippen molar-refractivity contribution in [1.29, 1.82) is 0 Å². The van der Waals surface area contributed by atoms with Crippen LogP contribution in [0.5, 0.6) is 17.2 Å². The van der Waals surface area contributed by atoms with Crippen LogP contribution in [-0.4, -0.2) is 30.9 Å². The molecule has 0 bridgehead atoms. The molecule has 0 aliphatic heterocycles. The van der Waals surface area contributed by atoms with Gasteiger partial charge in [-0.15, -0.1) is 6.58 Å². The third-order valence-corrected chi connectivity index (χ3v) is 4.27. The minimum absolute atomic E-state index is 0.103. The van der Waals surface area contributed by atoms with Crippen LogP contribution in [0.2, 0.25) is 0 Å². The molecule has 6 heteroatoms. The Morgan fingerprint density at radius 2 is 2.03 bits per heavy atom. The zero-order chi connectivity index (χ0) is 21.1. The normalized spacial score (nSPS) is 10.7. The molecule has 0 radical (unpaired) electrons. The van der Waals surface area contributed by atoms with Gasteiger partial charge in [0.05, 0.1) is 19.9 Å². The van der Waals surface area contributed by atoms with Gasteiger partial charge in [0.1, 0.15) is 5.75 Å². The van der Waals surface area contributed by atoms with Gasteiger partial charge in [-0.3, -0.25) is 4.79 Å². The Kier molecular flexibility index (Phi) is 8.76. The molecule has 2 rings (SSSR count). The van der Waals surface area contributed by atoms with E-state index in [4.69, 9.17) is 9.47 Å². The third kappa shape index (κ3) is 6.99. The number of nitrogens with zero attached hydrogens (tertiary/aromatic N) is 1. The molecule has 0 heterocycles. The summed E-state index contributed by atoms with van der Waals surface area (Å²) in [5.74, 6) is 1.16. The molecule has 0 aromatic heterocycles. The Hall–Kier alpha value is -3.28. The number of carbonyl (C=O) groups excluding carboxylic acids is 1. The Morgan fingerprint density at radius 1 is 1.28 bits per heavy atom. The molecular formula is C23H28N2O4. The summed E-state index contributed by atoms with van der Waals surface area (Å²) in [5, 5.41) is 14.2. The maximum absolute atomic E-state index is 12.0. The predicted octanol–water partition coefficient (Wildman–Crippen LogP) is 4.00. The summed E-state index contributed by atoms with van der Waals surface area (Å²) in [7, 11) is 1.63. The number of allylic oxidation sites excluding steroid dienone is 1. The molecule has 0 atom stereocenters. The van der Waals surface area contributed by atoms with Gasteiger partial charge in [-0.05, 0) is 61.6 Å². The molecule has 29 heavy (non-hydrogen) atoms. The van der Waals surface area contributed by atoms with Crippen molar-refractivity contribution in [2.24, 2.45) is 5.10 Å². The van der Waals surface area contributed by atoms with Crippen molar-refractivity contribution >= 4 is 12.1 Å². The molecule has 2 N–H and O–H groups in total. The van der Waals surface area contributed by atoms with Crippen LogP contribution < -0.4 is 14.9 Å². The lowest BCUT2D eigenvalue weighted by Crippen LogP contribution is -2.17. The van der Waals surface area contributed by atoms with Crippen LogP contribution >= 0.6 is 0 Å². The quantitative estimate of drug-likeness (QED) is 0.342. The van der Waals surface area contributed by atoms with E-state index in [9.17, 15) is 9.90 Å². The average molecular weight is 396 g/mol. The minimum Gasteiger partial charge on any atom is -0.504 e. The van der Waals surface area contributed by atoms with Crippen LogP contribution in [0.15, 0.2) is 54.2 Å². The first-order valence-electron chi connectivity index (χ1n) is 9.61. The fourth-order valence-corrected chi connectivity index (χ4v) is 2.82. The van der Waals surface area contributed by atoms with Gasteiger partial charge in [-0.1, -0.05) is 18.2 Å². The van der Waals surface area contributed by atoms with Crippen molar-refractivity contribution in [1.82, 2.24) is 5.43 Å².